The maximum atomic E-state index is 12.8. The fourth-order valence-corrected chi connectivity index (χ4v) is 4.99. The second-order valence-electron chi connectivity index (χ2n) is 8.64. The van der Waals surface area contributed by atoms with Crippen molar-refractivity contribution in [3.05, 3.63) is 59.0 Å². The van der Waals surface area contributed by atoms with Crippen LogP contribution in [0.1, 0.15) is 13.8 Å². The smallest absolute Gasteiger partial charge is 0.329 e. The molecule has 2 aromatic heterocycles. The molecule has 0 aliphatic carbocycles. The number of aryl methyl sites for hydroxylation is 2. The predicted molar refractivity (Wildman–Crippen MR) is 149 cm³/mol. The third kappa shape index (κ3) is 5.65. The van der Waals surface area contributed by atoms with Crippen LogP contribution in [0.15, 0.2) is 58.5 Å². The van der Waals surface area contributed by atoms with Crippen LogP contribution in [0, 0.1) is 0 Å². The van der Waals surface area contributed by atoms with Crippen LogP contribution in [-0.4, -0.2) is 62.0 Å². The summed E-state index contributed by atoms with van der Waals surface area (Å²) in [5.74, 6) is 0.888. The van der Waals surface area contributed by atoms with Crippen LogP contribution in [0.2, 0.25) is 0 Å². The number of ether oxygens (including phenoxy) is 1. The Kier molecular flexibility index (Phi) is 7.89. The number of morpholine rings is 1. The summed E-state index contributed by atoms with van der Waals surface area (Å²) < 4.78 is 8.90. The molecule has 1 fully saturated rings. The number of aromatic nitrogens is 5. The molecule has 0 radical (unpaired) electrons. The molecule has 0 saturated carbocycles. The molecular formula is C26H30N8O3S. The maximum absolute atomic E-state index is 12.8. The summed E-state index contributed by atoms with van der Waals surface area (Å²) in [7, 11) is 0. The fraction of sp³-hybridized carbons (Fsp3) is 0.346. The lowest BCUT2D eigenvalue weighted by atomic mass is 10.2. The Morgan fingerprint density at radius 3 is 2.42 bits per heavy atom. The number of hydrogen-bond donors (Lipinski definition) is 2. The van der Waals surface area contributed by atoms with Gasteiger partial charge in [0.25, 0.3) is 0 Å². The van der Waals surface area contributed by atoms with Crippen LogP contribution in [0.3, 0.4) is 0 Å². The van der Waals surface area contributed by atoms with Crippen LogP contribution in [0.5, 0.6) is 0 Å². The molecule has 38 heavy (non-hydrogen) atoms. The number of nitrogens with one attached hydrogen (secondary N) is 2. The number of benzene rings is 2. The van der Waals surface area contributed by atoms with Crippen molar-refractivity contribution in [1.29, 1.82) is 0 Å². The van der Waals surface area contributed by atoms with Crippen molar-refractivity contribution in [2.24, 2.45) is 0 Å². The first kappa shape index (κ1) is 25.7. The monoisotopic (exact) mass is 534 g/mol. The summed E-state index contributed by atoms with van der Waals surface area (Å²) in [6.07, 6.45) is 0. The van der Waals surface area contributed by atoms with E-state index in [1.165, 1.54) is 11.8 Å². The van der Waals surface area contributed by atoms with E-state index in [1.807, 2.05) is 62.4 Å². The molecule has 11 nitrogen and oxygen atoms in total. The van der Waals surface area contributed by atoms with Gasteiger partial charge in [0.2, 0.25) is 17.8 Å². The molecule has 0 unspecified atom stereocenters. The molecule has 198 valence electrons. The molecule has 4 aromatic rings. The van der Waals surface area contributed by atoms with E-state index in [0.717, 1.165) is 16.7 Å². The van der Waals surface area contributed by atoms with Crippen molar-refractivity contribution in [2.75, 3.05) is 47.6 Å². The third-order valence-electron chi connectivity index (χ3n) is 6.19. The van der Waals surface area contributed by atoms with E-state index in [1.54, 1.807) is 9.13 Å². The number of carbonyl (C=O) groups is 1. The molecular weight excluding hydrogens is 504 g/mol. The third-order valence-corrected chi connectivity index (χ3v) is 7.04. The maximum Gasteiger partial charge on any atom is 0.329 e. The molecule has 2 aromatic carbocycles. The fourth-order valence-electron chi connectivity index (χ4n) is 4.36. The molecule has 2 N–H and O–H groups in total. The van der Waals surface area contributed by atoms with Gasteiger partial charge in [-0.3, -0.25) is 13.9 Å². The summed E-state index contributed by atoms with van der Waals surface area (Å²) >= 11 is 1.24. The molecule has 12 heteroatoms. The van der Waals surface area contributed by atoms with Gasteiger partial charge in [-0.05, 0) is 44.2 Å². The number of hydrogen-bond acceptors (Lipinski definition) is 9. The highest BCUT2D eigenvalue weighted by atomic mass is 32.2. The summed E-state index contributed by atoms with van der Waals surface area (Å²) in [4.78, 5) is 41.3. The van der Waals surface area contributed by atoms with Crippen molar-refractivity contribution in [3.63, 3.8) is 0 Å². The molecule has 1 amide bonds. The highest BCUT2D eigenvalue weighted by Gasteiger charge is 2.18. The summed E-state index contributed by atoms with van der Waals surface area (Å²) in [6.45, 7) is 7.61. The van der Waals surface area contributed by atoms with Gasteiger partial charge in [-0.25, -0.2) is 4.79 Å². The second-order valence-corrected chi connectivity index (χ2v) is 9.59. The Balaban J connectivity index is 1.32. The van der Waals surface area contributed by atoms with E-state index >= 15 is 0 Å². The van der Waals surface area contributed by atoms with Gasteiger partial charge in [0.05, 0.1) is 30.0 Å². The lowest BCUT2D eigenvalue weighted by molar-refractivity contribution is -0.113. The Morgan fingerprint density at radius 1 is 0.947 bits per heavy atom. The standard InChI is InChI=1S/C26H30N8O3S/c1-3-33-20-11-10-19(16-21(20)34(4-2)26(33)36)27-22(35)17-38-25-30-23(28-18-8-6-5-7-9-18)29-24(31-25)32-12-14-37-15-13-32/h5-11,16H,3-4,12-15,17H2,1-2H3,(H,27,35)(H,28,29,30,31). The lowest BCUT2D eigenvalue weighted by Crippen LogP contribution is -2.37. The lowest BCUT2D eigenvalue weighted by Gasteiger charge is -2.27. The summed E-state index contributed by atoms with van der Waals surface area (Å²) in [5, 5.41) is 6.61. The Bertz CT molecular complexity index is 1480. The molecule has 3 heterocycles. The number of anilines is 4. The zero-order valence-corrected chi connectivity index (χ0v) is 22.2. The van der Waals surface area contributed by atoms with Gasteiger partial charge < -0.3 is 20.3 Å². The van der Waals surface area contributed by atoms with Crippen LogP contribution >= 0.6 is 11.8 Å². The Morgan fingerprint density at radius 2 is 1.68 bits per heavy atom. The van der Waals surface area contributed by atoms with E-state index in [0.29, 0.717) is 62.1 Å². The van der Waals surface area contributed by atoms with Crippen LogP contribution in [0.4, 0.5) is 23.3 Å². The minimum atomic E-state index is -0.194. The van der Waals surface area contributed by atoms with Gasteiger partial charge in [-0.15, -0.1) is 0 Å². The highest BCUT2D eigenvalue weighted by Crippen LogP contribution is 2.23. The molecule has 5 rings (SSSR count). The second kappa shape index (κ2) is 11.7. The average molecular weight is 535 g/mol. The Hall–Kier alpha value is -3.90. The van der Waals surface area contributed by atoms with Gasteiger partial charge in [0.1, 0.15) is 0 Å². The van der Waals surface area contributed by atoms with Crippen molar-refractivity contribution < 1.29 is 9.53 Å². The number of thioether (sulfide) groups is 1. The van der Waals surface area contributed by atoms with Gasteiger partial charge in [0, 0.05) is 37.6 Å². The van der Waals surface area contributed by atoms with Crippen molar-refractivity contribution in [3.8, 4) is 0 Å². The van der Waals surface area contributed by atoms with Gasteiger partial charge in [-0.1, -0.05) is 30.0 Å². The van der Waals surface area contributed by atoms with Crippen LogP contribution in [0.25, 0.3) is 11.0 Å². The number of para-hydroxylation sites is 1. The summed E-state index contributed by atoms with van der Waals surface area (Å²) in [5.41, 5.74) is 3.10. The first-order valence-corrected chi connectivity index (χ1v) is 13.6. The van der Waals surface area contributed by atoms with Crippen molar-refractivity contribution in [1.82, 2.24) is 24.1 Å². The van der Waals surface area contributed by atoms with Gasteiger partial charge >= 0.3 is 5.69 Å². The quantitative estimate of drug-likeness (QED) is 0.312. The highest BCUT2D eigenvalue weighted by molar-refractivity contribution is 7.99. The van der Waals surface area contributed by atoms with Crippen molar-refractivity contribution in [2.45, 2.75) is 32.1 Å². The first-order valence-electron chi connectivity index (χ1n) is 12.6. The van der Waals surface area contributed by atoms with Gasteiger partial charge in [-0.2, -0.15) is 15.0 Å². The zero-order chi connectivity index (χ0) is 26.5. The SMILES string of the molecule is CCn1c(=O)n(CC)c2cc(NC(=O)CSc3nc(Nc4ccccc4)nc(N4CCOCC4)n3)ccc21. The topological polar surface area (TPSA) is 119 Å². The number of fused-ring (bicyclic) bond motifs is 1. The van der Waals surface area contributed by atoms with Crippen LogP contribution in [-0.2, 0) is 22.6 Å². The van der Waals surface area contributed by atoms with Gasteiger partial charge in [0.15, 0.2) is 5.16 Å². The molecule has 0 spiro atoms. The van der Waals surface area contributed by atoms with E-state index in [4.69, 9.17) is 4.74 Å². The van der Waals surface area contributed by atoms with E-state index in [2.05, 4.69) is 30.5 Å². The van der Waals surface area contributed by atoms with E-state index in [-0.39, 0.29) is 17.3 Å². The number of amides is 1. The number of rotatable bonds is 9. The first-order chi connectivity index (χ1) is 18.6. The number of imidazole rings is 1. The predicted octanol–water partition coefficient (Wildman–Crippen LogP) is 3.34. The molecule has 0 atom stereocenters. The van der Waals surface area contributed by atoms with Crippen molar-refractivity contribution >= 4 is 52.0 Å². The average Bonchev–Trinajstić information content (AvgIpc) is 3.22. The number of nitrogens with zero attached hydrogens (tertiary/aromatic N) is 6. The van der Waals surface area contributed by atoms with E-state index in [9.17, 15) is 9.59 Å². The minimum absolute atomic E-state index is 0.0464. The number of carbonyl (C=O) groups excluding carboxylic acids is 1. The normalized spacial score (nSPS) is 13.6. The largest absolute Gasteiger partial charge is 0.378 e. The molecule has 1 aliphatic heterocycles. The summed E-state index contributed by atoms with van der Waals surface area (Å²) in [6, 6.07) is 15.2. The van der Waals surface area contributed by atoms with E-state index < -0.39 is 0 Å². The molecule has 1 saturated heterocycles. The Labute approximate surface area is 224 Å². The zero-order valence-electron chi connectivity index (χ0n) is 21.4. The molecule has 0 bridgehead atoms. The minimum Gasteiger partial charge on any atom is -0.378 e. The molecule has 1 aliphatic rings. The van der Waals surface area contributed by atoms with Crippen LogP contribution < -0.4 is 21.2 Å².